The van der Waals surface area contributed by atoms with E-state index in [4.69, 9.17) is 0 Å². The summed E-state index contributed by atoms with van der Waals surface area (Å²) in [4.78, 5) is 5.03. The van der Waals surface area contributed by atoms with E-state index in [9.17, 15) is 0 Å². The third kappa shape index (κ3) is 5.36. The van der Waals surface area contributed by atoms with Crippen molar-refractivity contribution in [1.29, 1.82) is 0 Å². The SMILES string of the molecule is CC(C)NCCC(C)N(C)CC1CCCN1C. The smallest absolute Gasteiger partial charge is 0.0220 e. The molecule has 3 nitrogen and oxygen atoms in total. The van der Waals surface area contributed by atoms with Crippen molar-refractivity contribution < 1.29 is 0 Å². The van der Waals surface area contributed by atoms with Gasteiger partial charge in [0.25, 0.3) is 0 Å². The van der Waals surface area contributed by atoms with Crippen LogP contribution in [0.1, 0.15) is 40.0 Å². The van der Waals surface area contributed by atoms with Crippen LogP contribution in [-0.4, -0.2) is 61.7 Å². The van der Waals surface area contributed by atoms with Crippen molar-refractivity contribution in [2.45, 2.75) is 58.2 Å². The summed E-state index contributed by atoms with van der Waals surface area (Å²) in [6, 6.07) is 2.06. The van der Waals surface area contributed by atoms with E-state index in [2.05, 4.69) is 50.0 Å². The maximum Gasteiger partial charge on any atom is 0.0220 e. The van der Waals surface area contributed by atoms with Gasteiger partial charge in [0.2, 0.25) is 0 Å². The summed E-state index contributed by atoms with van der Waals surface area (Å²) in [5.74, 6) is 0. The van der Waals surface area contributed by atoms with Crippen LogP contribution in [0.2, 0.25) is 0 Å². The van der Waals surface area contributed by atoms with E-state index in [-0.39, 0.29) is 0 Å². The molecule has 0 radical (unpaired) electrons. The van der Waals surface area contributed by atoms with Crippen molar-refractivity contribution in [2.75, 3.05) is 33.7 Å². The molecule has 2 unspecified atom stereocenters. The highest BCUT2D eigenvalue weighted by Gasteiger charge is 2.23. The van der Waals surface area contributed by atoms with Gasteiger partial charge in [-0.25, -0.2) is 0 Å². The second-order valence-electron chi connectivity index (χ2n) is 5.96. The van der Waals surface area contributed by atoms with Gasteiger partial charge in [0.1, 0.15) is 0 Å². The molecule has 1 fully saturated rings. The fraction of sp³-hybridized carbons (Fsp3) is 1.00. The molecule has 0 amide bonds. The van der Waals surface area contributed by atoms with Crippen LogP contribution in [0.3, 0.4) is 0 Å². The molecule has 0 aliphatic carbocycles. The van der Waals surface area contributed by atoms with Gasteiger partial charge in [0.15, 0.2) is 0 Å². The van der Waals surface area contributed by atoms with Crippen LogP contribution >= 0.6 is 0 Å². The molecule has 0 aromatic carbocycles. The van der Waals surface area contributed by atoms with E-state index < -0.39 is 0 Å². The van der Waals surface area contributed by atoms with Crippen LogP contribution in [0.5, 0.6) is 0 Å². The third-order valence-corrected chi connectivity index (χ3v) is 4.04. The molecule has 0 aromatic rings. The zero-order valence-corrected chi connectivity index (χ0v) is 12.4. The Balaban J connectivity index is 2.19. The molecule has 1 heterocycles. The zero-order valence-electron chi connectivity index (χ0n) is 12.4. The molecule has 0 bridgehead atoms. The summed E-state index contributed by atoms with van der Waals surface area (Å²) in [6.07, 6.45) is 3.99. The van der Waals surface area contributed by atoms with Crippen LogP contribution in [0, 0.1) is 0 Å². The van der Waals surface area contributed by atoms with Gasteiger partial charge in [-0.1, -0.05) is 13.8 Å². The second kappa shape index (κ2) is 7.34. The van der Waals surface area contributed by atoms with E-state index in [1.807, 2.05) is 0 Å². The first-order valence-corrected chi connectivity index (χ1v) is 7.14. The first kappa shape index (κ1) is 14.9. The molecular formula is C14H31N3. The lowest BCUT2D eigenvalue weighted by Gasteiger charge is -2.30. The highest BCUT2D eigenvalue weighted by atomic mass is 15.2. The van der Waals surface area contributed by atoms with Crippen LogP contribution in [0.4, 0.5) is 0 Å². The van der Waals surface area contributed by atoms with Crippen molar-refractivity contribution in [2.24, 2.45) is 0 Å². The van der Waals surface area contributed by atoms with Crippen molar-refractivity contribution in [3.63, 3.8) is 0 Å². The monoisotopic (exact) mass is 241 g/mol. The molecule has 1 saturated heterocycles. The van der Waals surface area contributed by atoms with Crippen molar-refractivity contribution in [3.05, 3.63) is 0 Å². The summed E-state index contributed by atoms with van der Waals surface area (Å²) in [5, 5.41) is 3.50. The highest BCUT2D eigenvalue weighted by molar-refractivity contribution is 4.80. The van der Waals surface area contributed by atoms with Gasteiger partial charge in [-0.15, -0.1) is 0 Å². The normalized spacial score (nSPS) is 23.8. The summed E-state index contributed by atoms with van der Waals surface area (Å²) >= 11 is 0. The van der Waals surface area contributed by atoms with E-state index in [0.29, 0.717) is 12.1 Å². The average molecular weight is 241 g/mol. The average Bonchev–Trinajstić information content (AvgIpc) is 2.63. The van der Waals surface area contributed by atoms with E-state index >= 15 is 0 Å². The molecule has 0 spiro atoms. The number of likely N-dealkylation sites (tertiary alicyclic amines) is 1. The van der Waals surface area contributed by atoms with Gasteiger partial charge in [0.05, 0.1) is 0 Å². The molecule has 102 valence electrons. The lowest BCUT2D eigenvalue weighted by molar-refractivity contribution is 0.178. The van der Waals surface area contributed by atoms with Crippen molar-refractivity contribution in [3.8, 4) is 0 Å². The quantitative estimate of drug-likeness (QED) is 0.733. The first-order chi connectivity index (χ1) is 8.00. The Morgan fingerprint density at radius 3 is 2.59 bits per heavy atom. The lowest BCUT2D eigenvalue weighted by Crippen LogP contribution is -2.41. The topological polar surface area (TPSA) is 18.5 Å². The van der Waals surface area contributed by atoms with Crippen LogP contribution in [0.25, 0.3) is 0 Å². The summed E-state index contributed by atoms with van der Waals surface area (Å²) in [7, 11) is 4.53. The van der Waals surface area contributed by atoms with Gasteiger partial charge in [-0.2, -0.15) is 0 Å². The Bertz CT molecular complexity index is 206. The van der Waals surface area contributed by atoms with E-state index in [0.717, 1.165) is 12.6 Å². The van der Waals surface area contributed by atoms with Gasteiger partial charge in [0, 0.05) is 24.7 Å². The maximum atomic E-state index is 3.50. The first-order valence-electron chi connectivity index (χ1n) is 7.14. The third-order valence-electron chi connectivity index (χ3n) is 4.04. The summed E-state index contributed by atoms with van der Waals surface area (Å²) < 4.78 is 0. The largest absolute Gasteiger partial charge is 0.314 e. The minimum Gasteiger partial charge on any atom is -0.314 e. The Morgan fingerprint density at radius 2 is 2.06 bits per heavy atom. The summed E-state index contributed by atoms with van der Waals surface area (Å²) in [6.45, 7) is 10.4. The number of rotatable bonds is 7. The van der Waals surface area contributed by atoms with Gasteiger partial charge in [-0.3, -0.25) is 0 Å². The maximum absolute atomic E-state index is 3.50. The fourth-order valence-corrected chi connectivity index (χ4v) is 2.52. The van der Waals surface area contributed by atoms with Gasteiger partial charge < -0.3 is 15.1 Å². The number of hydrogen-bond acceptors (Lipinski definition) is 3. The second-order valence-corrected chi connectivity index (χ2v) is 5.96. The fourth-order valence-electron chi connectivity index (χ4n) is 2.52. The number of hydrogen-bond donors (Lipinski definition) is 1. The number of nitrogens with zero attached hydrogens (tertiary/aromatic N) is 2. The summed E-state index contributed by atoms with van der Waals surface area (Å²) in [5.41, 5.74) is 0. The molecule has 1 aliphatic rings. The molecule has 1 N–H and O–H groups in total. The van der Waals surface area contributed by atoms with Gasteiger partial charge >= 0.3 is 0 Å². The minimum absolute atomic E-state index is 0.605. The van der Waals surface area contributed by atoms with Crippen molar-refractivity contribution in [1.82, 2.24) is 15.1 Å². The standard InChI is InChI=1S/C14H31N3/c1-12(2)15-9-8-13(3)17(5)11-14-7-6-10-16(14)4/h12-15H,6-11H2,1-5H3. The number of likely N-dealkylation sites (N-methyl/N-ethyl adjacent to an activating group) is 2. The number of nitrogens with one attached hydrogen (secondary N) is 1. The molecule has 3 heteroatoms. The molecule has 0 saturated carbocycles. The minimum atomic E-state index is 0.605. The Morgan fingerprint density at radius 1 is 1.35 bits per heavy atom. The van der Waals surface area contributed by atoms with E-state index in [1.165, 1.54) is 32.4 Å². The molecule has 2 atom stereocenters. The predicted octanol–water partition coefficient (Wildman–Crippen LogP) is 1.79. The molecule has 0 aromatic heterocycles. The molecule has 1 aliphatic heterocycles. The predicted molar refractivity (Wildman–Crippen MR) is 75.5 cm³/mol. The van der Waals surface area contributed by atoms with E-state index in [1.54, 1.807) is 0 Å². The van der Waals surface area contributed by atoms with Crippen LogP contribution < -0.4 is 5.32 Å². The molecule has 17 heavy (non-hydrogen) atoms. The van der Waals surface area contributed by atoms with Crippen LogP contribution in [0.15, 0.2) is 0 Å². The zero-order chi connectivity index (χ0) is 12.8. The molecular weight excluding hydrogens is 210 g/mol. The highest BCUT2D eigenvalue weighted by Crippen LogP contribution is 2.16. The van der Waals surface area contributed by atoms with Crippen molar-refractivity contribution >= 4 is 0 Å². The van der Waals surface area contributed by atoms with Crippen LogP contribution in [-0.2, 0) is 0 Å². The lowest BCUT2D eigenvalue weighted by atomic mass is 10.1. The Hall–Kier alpha value is -0.120. The Kier molecular flexibility index (Phi) is 6.45. The molecule has 1 rings (SSSR count). The van der Waals surface area contributed by atoms with Gasteiger partial charge in [-0.05, 0) is 53.4 Å². The Labute approximate surface area is 108 Å².